The minimum Gasteiger partial charge on any atom is -0.480 e. The number of hydrogen-bond acceptors (Lipinski definition) is 4. The van der Waals surface area contributed by atoms with Crippen LogP contribution in [0.5, 0.6) is 0 Å². The molecule has 1 fully saturated rings. The Labute approximate surface area is 128 Å². The summed E-state index contributed by atoms with van der Waals surface area (Å²) in [4.78, 5) is 11.2. The molecule has 0 aliphatic carbocycles. The molecule has 0 aromatic carbocycles. The van der Waals surface area contributed by atoms with Crippen molar-refractivity contribution in [3.8, 4) is 0 Å². The SMILES string of the molecule is O=C(O)C1CCCCN1S(=O)(=O)c1cc(Cl)c(Br)s1. The number of hydrogen-bond donors (Lipinski definition) is 1. The van der Waals surface area contributed by atoms with E-state index in [0.29, 0.717) is 21.7 Å². The Hall–Kier alpha value is -0.150. The Morgan fingerprint density at radius 1 is 1.53 bits per heavy atom. The fraction of sp³-hybridized carbons (Fsp3) is 0.500. The lowest BCUT2D eigenvalue weighted by Gasteiger charge is -2.31. The van der Waals surface area contributed by atoms with Crippen molar-refractivity contribution in [3.05, 3.63) is 14.9 Å². The Kier molecular flexibility index (Phi) is 4.56. The van der Waals surface area contributed by atoms with Crippen molar-refractivity contribution in [2.45, 2.75) is 29.5 Å². The molecule has 0 amide bonds. The van der Waals surface area contributed by atoms with Crippen molar-refractivity contribution in [3.63, 3.8) is 0 Å². The molecule has 19 heavy (non-hydrogen) atoms. The van der Waals surface area contributed by atoms with Crippen molar-refractivity contribution in [2.75, 3.05) is 6.54 Å². The summed E-state index contributed by atoms with van der Waals surface area (Å²) in [5, 5.41) is 9.45. The van der Waals surface area contributed by atoms with Crippen molar-refractivity contribution in [1.29, 1.82) is 0 Å². The first-order chi connectivity index (χ1) is 8.84. The summed E-state index contributed by atoms with van der Waals surface area (Å²) in [5.74, 6) is -1.11. The summed E-state index contributed by atoms with van der Waals surface area (Å²) in [6.07, 6.45) is 1.73. The van der Waals surface area contributed by atoms with Gasteiger partial charge in [0.15, 0.2) is 0 Å². The molecule has 1 aliphatic rings. The van der Waals surface area contributed by atoms with Crippen molar-refractivity contribution >= 4 is 54.9 Å². The summed E-state index contributed by atoms with van der Waals surface area (Å²) >= 11 is 9.99. The van der Waals surface area contributed by atoms with Gasteiger partial charge in [-0.05, 0) is 41.3 Å². The number of halogens is 2. The maximum absolute atomic E-state index is 12.5. The largest absolute Gasteiger partial charge is 0.480 e. The van der Waals surface area contributed by atoms with Crippen LogP contribution in [0.15, 0.2) is 14.1 Å². The average molecular weight is 389 g/mol. The highest BCUT2D eigenvalue weighted by molar-refractivity contribution is 9.11. The maximum atomic E-state index is 12.5. The second kappa shape index (κ2) is 5.69. The molecule has 1 aromatic heterocycles. The number of carboxylic acids is 1. The van der Waals surface area contributed by atoms with E-state index < -0.39 is 22.0 Å². The number of sulfonamides is 1. The molecule has 9 heteroatoms. The zero-order valence-electron chi connectivity index (χ0n) is 9.67. The monoisotopic (exact) mass is 387 g/mol. The van der Waals surface area contributed by atoms with Gasteiger partial charge in [0.25, 0.3) is 10.0 Å². The molecule has 106 valence electrons. The minimum absolute atomic E-state index is 0.0672. The Bertz CT molecular complexity index is 581. The van der Waals surface area contributed by atoms with Gasteiger partial charge in [-0.15, -0.1) is 11.3 Å². The van der Waals surface area contributed by atoms with E-state index in [9.17, 15) is 13.2 Å². The lowest BCUT2D eigenvalue weighted by atomic mass is 10.1. The van der Waals surface area contributed by atoms with Crippen LogP contribution in [0.3, 0.4) is 0 Å². The van der Waals surface area contributed by atoms with Crippen LogP contribution in [0, 0.1) is 0 Å². The number of piperidine rings is 1. The van der Waals surface area contributed by atoms with Gasteiger partial charge in [-0.3, -0.25) is 4.79 Å². The highest BCUT2D eigenvalue weighted by atomic mass is 79.9. The first kappa shape index (κ1) is 15.2. The lowest BCUT2D eigenvalue weighted by molar-refractivity contribution is -0.142. The van der Waals surface area contributed by atoms with E-state index in [1.807, 2.05) is 0 Å². The molecule has 1 unspecified atom stereocenters. The molecular formula is C10H11BrClNO4S2. The first-order valence-electron chi connectivity index (χ1n) is 5.53. The van der Waals surface area contributed by atoms with E-state index in [1.54, 1.807) is 0 Å². The van der Waals surface area contributed by atoms with Crippen LogP contribution < -0.4 is 0 Å². The summed E-state index contributed by atoms with van der Waals surface area (Å²) in [6.45, 7) is 0.229. The normalized spacial score (nSPS) is 21.5. The summed E-state index contributed by atoms with van der Waals surface area (Å²) in [6, 6.07) is 0.359. The van der Waals surface area contributed by atoms with E-state index >= 15 is 0 Å². The van der Waals surface area contributed by atoms with Gasteiger partial charge >= 0.3 is 5.97 Å². The standard InChI is InChI=1S/C10H11BrClNO4S2/c11-9-6(12)5-8(18-9)19(16,17)13-4-2-1-3-7(13)10(14)15/h5,7H,1-4H2,(H,14,15). The summed E-state index contributed by atoms with van der Waals surface area (Å²) in [7, 11) is -3.80. The van der Waals surface area contributed by atoms with E-state index in [4.69, 9.17) is 16.7 Å². The van der Waals surface area contributed by atoms with Gasteiger partial charge in [0, 0.05) is 6.54 Å². The third-order valence-corrected chi connectivity index (χ3v) is 7.76. The number of rotatable bonds is 3. The zero-order valence-corrected chi connectivity index (χ0v) is 13.6. The number of carbonyl (C=O) groups is 1. The van der Waals surface area contributed by atoms with Gasteiger partial charge in [-0.1, -0.05) is 11.6 Å². The molecule has 0 bridgehead atoms. The molecule has 1 aliphatic heterocycles. The molecule has 1 aromatic rings. The maximum Gasteiger partial charge on any atom is 0.322 e. The molecule has 5 nitrogen and oxygen atoms in total. The van der Waals surface area contributed by atoms with Crippen LogP contribution in [0.2, 0.25) is 5.02 Å². The molecule has 0 spiro atoms. The fourth-order valence-corrected chi connectivity index (χ4v) is 6.19. The predicted octanol–water partition coefficient (Wildman–Crippen LogP) is 2.79. The molecule has 1 atom stereocenters. The van der Waals surface area contributed by atoms with Crippen LogP contribution in [0.1, 0.15) is 19.3 Å². The van der Waals surface area contributed by atoms with E-state index in [2.05, 4.69) is 15.9 Å². The molecule has 2 heterocycles. The Balaban J connectivity index is 2.39. The lowest BCUT2D eigenvalue weighted by Crippen LogP contribution is -2.47. The Morgan fingerprint density at radius 3 is 2.74 bits per heavy atom. The Morgan fingerprint density at radius 2 is 2.21 bits per heavy atom. The van der Waals surface area contributed by atoms with E-state index in [1.165, 1.54) is 6.07 Å². The highest BCUT2D eigenvalue weighted by Gasteiger charge is 2.38. The second-order valence-corrected chi connectivity index (χ2v) is 9.05. The van der Waals surface area contributed by atoms with Crippen LogP contribution in [-0.4, -0.2) is 36.4 Å². The smallest absolute Gasteiger partial charge is 0.322 e. The molecule has 0 radical (unpaired) electrons. The third-order valence-electron chi connectivity index (χ3n) is 2.92. The molecule has 2 rings (SSSR count). The van der Waals surface area contributed by atoms with Gasteiger partial charge < -0.3 is 5.11 Å². The second-order valence-electron chi connectivity index (χ2n) is 4.15. The molecule has 1 N–H and O–H groups in total. The number of aliphatic carboxylic acids is 1. The van der Waals surface area contributed by atoms with Gasteiger partial charge in [0.05, 0.1) is 8.81 Å². The van der Waals surface area contributed by atoms with Crippen molar-refractivity contribution in [1.82, 2.24) is 4.31 Å². The number of nitrogens with zero attached hydrogens (tertiary/aromatic N) is 1. The van der Waals surface area contributed by atoms with Crippen LogP contribution in [0.4, 0.5) is 0 Å². The van der Waals surface area contributed by atoms with Crippen LogP contribution in [-0.2, 0) is 14.8 Å². The van der Waals surface area contributed by atoms with E-state index in [0.717, 1.165) is 22.1 Å². The third kappa shape index (κ3) is 2.97. The van der Waals surface area contributed by atoms with Crippen molar-refractivity contribution < 1.29 is 18.3 Å². The number of thiophene rings is 1. The minimum atomic E-state index is -3.80. The van der Waals surface area contributed by atoms with Gasteiger partial charge in [0.2, 0.25) is 0 Å². The summed E-state index contributed by atoms with van der Waals surface area (Å²) < 4.78 is 26.6. The van der Waals surface area contributed by atoms with Gasteiger partial charge in [-0.2, -0.15) is 4.31 Å². The van der Waals surface area contributed by atoms with Crippen LogP contribution in [0.25, 0.3) is 0 Å². The molecule has 0 saturated carbocycles. The zero-order chi connectivity index (χ0) is 14.2. The van der Waals surface area contributed by atoms with Gasteiger partial charge in [-0.25, -0.2) is 8.42 Å². The first-order valence-corrected chi connectivity index (χ1v) is 8.96. The summed E-state index contributed by atoms with van der Waals surface area (Å²) in [5.41, 5.74) is 0. The average Bonchev–Trinajstić information content (AvgIpc) is 2.70. The molecular weight excluding hydrogens is 378 g/mol. The quantitative estimate of drug-likeness (QED) is 0.864. The number of carboxylic acid groups (broad SMARTS) is 1. The van der Waals surface area contributed by atoms with Gasteiger partial charge in [0.1, 0.15) is 10.3 Å². The fourth-order valence-electron chi connectivity index (χ4n) is 2.01. The van der Waals surface area contributed by atoms with E-state index in [-0.39, 0.29) is 10.8 Å². The molecule has 1 saturated heterocycles. The topological polar surface area (TPSA) is 74.7 Å². The predicted molar refractivity (Wildman–Crippen MR) is 76.2 cm³/mol. The van der Waals surface area contributed by atoms with Crippen molar-refractivity contribution in [2.24, 2.45) is 0 Å². The highest BCUT2D eigenvalue weighted by Crippen LogP contribution is 2.37. The van der Waals surface area contributed by atoms with Crippen LogP contribution >= 0.6 is 38.9 Å².